The minimum Gasteiger partial charge on any atom is -0.354 e. The van der Waals surface area contributed by atoms with Gasteiger partial charge in [-0.25, -0.2) is 36.5 Å². The number of pyridine rings is 1. The Morgan fingerprint density at radius 2 is 1.90 bits per heavy atom. The van der Waals surface area contributed by atoms with E-state index < -0.39 is 26.1 Å². The van der Waals surface area contributed by atoms with Crippen molar-refractivity contribution in [3.05, 3.63) is 47.6 Å². The highest BCUT2D eigenvalue weighted by Crippen LogP contribution is 2.21. The van der Waals surface area contributed by atoms with E-state index in [1.807, 2.05) is 9.62 Å². The summed E-state index contributed by atoms with van der Waals surface area (Å²) in [5.41, 5.74) is 0. The van der Waals surface area contributed by atoms with E-state index in [1.54, 1.807) is 6.07 Å². The quantitative estimate of drug-likeness (QED) is 0.593. The van der Waals surface area contributed by atoms with Crippen molar-refractivity contribution in [1.29, 1.82) is 0 Å². The number of carbonyl (C=O) groups excluding carboxylic acids is 1. The number of hydrogen-bond acceptors (Lipinski definition) is 7. The van der Waals surface area contributed by atoms with Crippen molar-refractivity contribution in [2.24, 2.45) is 5.14 Å². The van der Waals surface area contributed by atoms with Crippen LogP contribution in [0.2, 0.25) is 5.02 Å². The average molecular weight is 460 g/mol. The van der Waals surface area contributed by atoms with Crippen LogP contribution >= 0.6 is 11.6 Å². The highest BCUT2D eigenvalue weighted by Gasteiger charge is 2.27. The van der Waals surface area contributed by atoms with Crippen LogP contribution in [-0.4, -0.2) is 47.0 Å². The third-order valence-electron chi connectivity index (χ3n) is 4.25. The van der Waals surface area contributed by atoms with Gasteiger partial charge in [0, 0.05) is 25.3 Å². The first-order valence-electron chi connectivity index (χ1n) is 8.38. The molecular weight excluding hydrogens is 442 g/mol. The molecule has 2 aromatic rings. The number of primary sulfonamides is 1. The summed E-state index contributed by atoms with van der Waals surface area (Å²) in [6.07, 6.45) is 1.71. The molecule has 1 saturated heterocycles. The number of nitrogens with two attached hydrogens (primary N) is 1. The number of sulfonamides is 2. The number of aromatic nitrogens is 1. The number of carbonyl (C=O) groups is 1. The zero-order valence-corrected chi connectivity index (χ0v) is 17.3. The van der Waals surface area contributed by atoms with E-state index in [9.17, 15) is 21.6 Å². The molecule has 13 heteroatoms. The molecule has 0 radical (unpaired) electrons. The lowest BCUT2D eigenvalue weighted by Gasteiger charge is -2.18. The highest BCUT2D eigenvalue weighted by molar-refractivity contribution is 7.90. The SMILES string of the molecule is NS(=O)(=O)c1ccc(N2CC[C@H](NC(=O)NS(=O)(=O)c3ccccc3Cl)C2)nc1. The number of halogens is 1. The van der Waals surface area contributed by atoms with Gasteiger partial charge in [0.05, 0.1) is 5.02 Å². The number of anilines is 1. The summed E-state index contributed by atoms with van der Waals surface area (Å²) in [6, 6.07) is 7.47. The highest BCUT2D eigenvalue weighted by atomic mass is 35.5. The topological polar surface area (TPSA) is 152 Å². The first kappa shape index (κ1) is 21.3. The number of nitrogens with one attached hydrogen (secondary N) is 2. The van der Waals surface area contributed by atoms with Crippen molar-refractivity contribution < 1.29 is 21.6 Å². The zero-order valence-electron chi connectivity index (χ0n) is 14.9. The Kier molecular flexibility index (Phi) is 5.98. The number of amides is 2. The fourth-order valence-electron chi connectivity index (χ4n) is 2.87. The summed E-state index contributed by atoms with van der Waals surface area (Å²) in [5, 5.41) is 7.66. The molecule has 1 aromatic carbocycles. The Hall–Kier alpha value is -2.41. The van der Waals surface area contributed by atoms with Crippen LogP contribution < -0.4 is 20.1 Å². The monoisotopic (exact) mass is 459 g/mol. The van der Waals surface area contributed by atoms with Gasteiger partial charge < -0.3 is 10.2 Å². The standard InChI is InChI=1S/C16H18ClN5O5S2/c17-13-3-1-2-4-14(13)29(26,27)21-16(23)20-11-7-8-22(10-11)15-6-5-12(9-19-15)28(18,24)25/h1-6,9,11H,7-8,10H2,(H2,18,24,25)(H2,20,21,23)/t11-/m0/s1. The first-order valence-corrected chi connectivity index (χ1v) is 11.8. The predicted octanol–water partition coefficient (Wildman–Crippen LogP) is 0.649. The van der Waals surface area contributed by atoms with Gasteiger partial charge in [0.1, 0.15) is 15.6 Å². The van der Waals surface area contributed by atoms with Crippen LogP contribution in [0.15, 0.2) is 52.4 Å². The molecule has 0 saturated carbocycles. The third-order valence-corrected chi connectivity index (χ3v) is 6.98. The Morgan fingerprint density at radius 1 is 1.17 bits per heavy atom. The molecule has 4 N–H and O–H groups in total. The maximum absolute atomic E-state index is 12.3. The largest absolute Gasteiger partial charge is 0.354 e. The van der Waals surface area contributed by atoms with E-state index in [2.05, 4.69) is 10.3 Å². The molecule has 10 nitrogen and oxygen atoms in total. The molecule has 1 atom stereocenters. The van der Waals surface area contributed by atoms with Crippen molar-refractivity contribution in [1.82, 2.24) is 15.0 Å². The van der Waals surface area contributed by atoms with Gasteiger partial charge >= 0.3 is 6.03 Å². The van der Waals surface area contributed by atoms with Crippen LogP contribution in [0.25, 0.3) is 0 Å². The molecular formula is C16H18ClN5O5S2. The summed E-state index contributed by atoms with van der Waals surface area (Å²) in [6.45, 7) is 0.922. The van der Waals surface area contributed by atoms with Crippen LogP contribution in [0.5, 0.6) is 0 Å². The average Bonchev–Trinajstić information content (AvgIpc) is 3.09. The van der Waals surface area contributed by atoms with Crippen LogP contribution in [0, 0.1) is 0 Å². The van der Waals surface area contributed by atoms with E-state index in [4.69, 9.17) is 16.7 Å². The molecule has 0 bridgehead atoms. The molecule has 0 spiro atoms. The van der Waals surface area contributed by atoms with Gasteiger partial charge in [-0.1, -0.05) is 23.7 Å². The lowest BCUT2D eigenvalue weighted by Crippen LogP contribution is -2.45. The van der Waals surface area contributed by atoms with Crippen molar-refractivity contribution in [3.8, 4) is 0 Å². The van der Waals surface area contributed by atoms with Gasteiger partial charge in [-0.05, 0) is 30.7 Å². The number of rotatable bonds is 5. The fourth-order valence-corrected chi connectivity index (χ4v) is 4.76. The van der Waals surface area contributed by atoms with Gasteiger partial charge in [-0.15, -0.1) is 0 Å². The molecule has 2 heterocycles. The molecule has 1 aliphatic rings. The van der Waals surface area contributed by atoms with Crippen LogP contribution in [0.3, 0.4) is 0 Å². The maximum Gasteiger partial charge on any atom is 0.328 e. The molecule has 0 aliphatic carbocycles. The van der Waals surface area contributed by atoms with Gasteiger partial charge in [0.2, 0.25) is 10.0 Å². The minimum atomic E-state index is -4.10. The van der Waals surface area contributed by atoms with Crippen molar-refractivity contribution >= 4 is 43.5 Å². The summed E-state index contributed by atoms with van der Waals surface area (Å²) >= 11 is 5.88. The summed E-state index contributed by atoms with van der Waals surface area (Å²) in [5.74, 6) is 0.519. The number of hydrogen-bond donors (Lipinski definition) is 3. The summed E-state index contributed by atoms with van der Waals surface area (Å²) in [7, 11) is -7.93. The molecule has 1 aliphatic heterocycles. The summed E-state index contributed by atoms with van der Waals surface area (Å²) in [4.78, 5) is 17.8. The molecule has 1 aromatic heterocycles. The predicted molar refractivity (Wildman–Crippen MR) is 107 cm³/mol. The van der Waals surface area contributed by atoms with Gasteiger partial charge in [0.15, 0.2) is 0 Å². The minimum absolute atomic E-state index is 0.00820. The summed E-state index contributed by atoms with van der Waals surface area (Å²) < 4.78 is 49.1. The fraction of sp³-hybridized carbons (Fsp3) is 0.250. The lowest BCUT2D eigenvalue weighted by molar-refractivity contribution is 0.243. The maximum atomic E-state index is 12.3. The van der Waals surface area contributed by atoms with Crippen molar-refractivity contribution in [3.63, 3.8) is 0 Å². The van der Waals surface area contributed by atoms with Crippen LogP contribution in [0.4, 0.5) is 10.6 Å². The van der Waals surface area contributed by atoms with Gasteiger partial charge in [0.25, 0.3) is 10.0 Å². The van der Waals surface area contributed by atoms with E-state index in [1.165, 1.54) is 30.3 Å². The Labute approximate surface area is 173 Å². The van der Waals surface area contributed by atoms with Crippen molar-refractivity contribution in [2.45, 2.75) is 22.3 Å². The number of urea groups is 1. The second-order valence-corrected chi connectivity index (χ2v) is 9.96. The van der Waals surface area contributed by atoms with E-state index >= 15 is 0 Å². The first-order chi connectivity index (χ1) is 13.6. The van der Waals surface area contributed by atoms with E-state index in [-0.39, 0.29) is 20.9 Å². The Balaban J connectivity index is 1.60. The van der Waals surface area contributed by atoms with E-state index in [0.717, 1.165) is 6.20 Å². The molecule has 2 amide bonds. The number of nitrogens with zero attached hydrogens (tertiary/aromatic N) is 2. The van der Waals surface area contributed by atoms with E-state index in [0.29, 0.717) is 25.3 Å². The molecule has 29 heavy (non-hydrogen) atoms. The number of benzene rings is 1. The molecule has 1 fully saturated rings. The molecule has 0 unspecified atom stereocenters. The van der Waals surface area contributed by atoms with Crippen molar-refractivity contribution in [2.75, 3.05) is 18.0 Å². The smallest absolute Gasteiger partial charge is 0.328 e. The Bertz CT molecular complexity index is 1120. The second kappa shape index (κ2) is 8.14. The van der Waals surface area contributed by atoms with Crippen LogP contribution in [-0.2, 0) is 20.0 Å². The Morgan fingerprint density at radius 3 is 2.52 bits per heavy atom. The van der Waals surface area contributed by atoms with Crippen LogP contribution in [0.1, 0.15) is 6.42 Å². The lowest BCUT2D eigenvalue weighted by atomic mass is 10.3. The molecule has 156 valence electrons. The molecule has 3 rings (SSSR count). The second-order valence-electron chi connectivity index (χ2n) is 6.34. The zero-order chi connectivity index (χ0) is 21.2. The van der Waals surface area contributed by atoms with Gasteiger partial charge in [-0.2, -0.15) is 0 Å². The normalized spacial score (nSPS) is 17.2. The third kappa shape index (κ3) is 5.15. The van der Waals surface area contributed by atoms with Gasteiger partial charge in [-0.3, -0.25) is 0 Å².